The van der Waals surface area contributed by atoms with Gasteiger partial charge in [-0.05, 0) is 153 Å². The number of benzene rings is 3. The normalized spacial score (nSPS) is 14.8. The number of pyridine rings is 3. The largest absolute Gasteiger partial charge is 0.480 e. The Kier molecular flexibility index (Phi) is 35.4. The second kappa shape index (κ2) is 45.3. The summed E-state index contributed by atoms with van der Waals surface area (Å²) in [5.74, 6) is -11.2. The van der Waals surface area contributed by atoms with Crippen LogP contribution in [0.2, 0.25) is 5.02 Å². The maximum Gasteiger partial charge on any atom is 0.325 e. The number of nitrogen functional groups attached to an aromatic ring is 1. The Morgan fingerprint density at radius 3 is 1.65 bits per heavy atom. The number of nitrogens with one attached hydrogen (secondary N) is 11. The number of aliphatic hydroxyl groups is 1. The van der Waals surface area contributed by atoms with Crippen LogP contribution in [0.15, 0.2) is 139 Å². The minimum atomic E-state index is -1.86. The molecule has 0 saturated carbocycles. The molecule has 3 aromatic heterocycles. The van der Waals surface area contributed by atoms with Gasteiger partial charge in [0, 0.05) is 76.0 Å². The number of unbranched alkanes of at least 4 members (excludes halogenated alkanes) is 2. The number of carbonyl (C=O) groups is 13. The van der Waals surface area contributed by atoms with Crippen LogP contribution in [0, 0.1) is 5.92 Å². The third-order valence-electron chi connectivity index (χ3n) is 18.6. The number of rotatable bonds is 44. The number of carboxylic acid groups (broad SMARTS) is 1. The average molecular weight is 1590 g/mol. The first-order valence-corrected chi connectivity index (χ1v) is 38.1. The molecule has 0 radical (unpaired) electrons. The van der Waals surface area contributed by atoms with E-state index in [0.717, 1.165) is 10.8 Å². The van der Waals surface area contributed by atoms with Crippen LogP contribution in [0.4, 0.5) is 5.82 Å². The van der Waals surface area contributed by atoms with Crippen molar-refractivity contribution in [2.24, 2.45) is 22.4 Å². The first-order valence-electron chi connectivity index (χ1n) is 37.8. The molecule has 10 atom stereocenters. The maximum absolute atomic E-state index is 15.2. The van der Waals surface area contributed by atoms with E-state index in [0.29, 0.717) is 28.1 Å². The molecule has 35 heteroatoms. The Balaban J connectivity index is 1.16. The fraction of sp³-hybridized carbons (Fsp3) is 0.430. The summed E-state index contributed by atoms with van der Waals surface area (Å²) in [5.41, 5.74) is 18.8. The summed E-state index contributed by atoms with van der Waals surface area (Å²) in [7, 11) is 0. The number of amides is 12. The molecular formula is C79H102ClN19O15. The Morgan fingerprint density at radius 1 is 0.544 bits per heavy atom. The van der Waals surface area contributed by atoms with Gasteiger partial charge in [0.1, 0.15) is 77.6 Å². The number of nitrogens with zero attached hydrogens (tertiary/aromatic N) is 5. The highest BCUT2D eigenvalue weighted by Gasteiger charge is 2.41. The molecule has 114 heavy (non-hydrogen) atoms. The molecule has 19 N–H and O–H groups in total. The number of aliphatic hydroxyl groups excluding tert-OH is 1. The average Bonchev–Trinajstić information content (AvgIpc) is 1.51. The first-order chi connectivity index (χ1) is 54.5. The van der Waals surface area contributed by atoms with Crippen molar-refractivity contribution in [3.63, 3.8) is 0 Å². The number of fused-ring (bicyclic) bond motifs is 1. The summed E-state index contributed by atoms with van der Waals surface area (Å²) < 4.78 is 0. The number of aliphatic imine (C=N–C) groups is 1. The molecular weight excluding hydrogens is 1490 g/mol. The number of halogens is 1. The van der Waals surface area contributed by atoms with Gasteiger partial charge in [-0.25, -0.2) is 4.98 Å². The number of aliphatic carboxylic acids is 1. The van der Waals surface area contributed by atoms with Crippen molar-refractivity contribution in [2.75, 3.05) is 38.5 Å². The fourth-order valence-corrected chi connectivity index (χ4v) is 12.8. The van der Waals surface area contributed by atoms with Crippen molar-refractivity contribution in [3.8, 4) is 0 Å². The van der Waals surface area contributed by atoms with E-state index in [-0.39, 0.29) is 139 Å². The van der Waals surface area contributed by atoms with Crippen molar-refractivity contribution in [2.45, 2.75) is 178 Å². The fourth-order valence-electron chi connectivity index (χ4n) is 12.7. The lowest BCUT2D eigenvalue weighted by atomic mass is 9.99. The van der Waals surface area contributed by atoms with Crippen LogP contribution in [-0.4, -0.2) is 206 Å². The van der Waals surface area contributed by atoms with Gasteiger partial charge in [-0.15, -0.1) is 0 Å². The first kappa shape index (κ1) is 89.0. The van der Waals surface area contributed by atoms with Gasteiger partial charge in [-0.1, -0.05) is 98.2 Å². The predicted molar refractivity (Wildman–Crippen MR) is 424 cm³/mol. The molecule has 1 fully saturated rings. The molecule has 6 aromatic rings. The molecule has 0 bridgehead atoms. The van der Waals surface area contributed by atoms with Gasteiger partial charge >= 0.3 is 5.97 Å². The monoisotopic (exact) mass is 1590 g/mol. The number of carboxylic acids is 1. The molecule has 4 heterocycles. The van der Waals surface area contributed by atoms with E-state index >= 15 is 9.59 Å². The van der Waals surface area contributed by atoms with E-state index < -0.39 is 144 Å². The molecule has 0 spiro atoms. The Labute approximate surface area is 664 Å². The summed E-state index contributed by atoms with van der Waals surface area (Å²) in [6.45, 7) is 5.16. The van der Waals surface area contributed by atoms with Crippen LogP contribution >= 0.6 is 11.6 Å². The van der Waals surface area contributed by atoms with Crippen molar-refractivity contribution < 1.29 is 72.5 Å². The highest BCUT2D eigenvalue weighted by molar-refractivity contribution is 6.30. The van der Waals surface area contributed by atoms with Crippen LogP contribution < -0.4 is 75.7 Å². The van der Waals surface area contributed by atoms with Crippen molar-refractivity contribution in [3.05, 3.63) is 167 Å². The van der Waals surface area contributed by atoms with Gasteiger partial charge < -0.3 is 90.8 Å². The van der Waals surface area contributed by atoms with Gasteiger partial charge in [-0.3, -0.25) is 77.3 Å². The number of nitrogens with two attached hydrogens (primary N) is 3. The van der Waals surface area contributed by atoms with Crippen LogP contribution in [0.3, 0.4) is 0 Å². The van der Waals surface area contributed by atoms with E-state index in [1.165, 1.54) is 55.5 Å². The summed E-state index contributed by atoms with van der Waals surface area (Å²) >= 11 is 6.26. The lowest BCUT2D eigenvalue weighted by Gasteiger charge is -2.31. The maximum atomic E-state index is 15.2. The van der Waals surface area contributed by atoms with Gasteiger partial charge in [0.15, 0.2) is 5.96 Å². The van der Waals surface area contributed by atoms with Crippen LogP contribution in [0.5, 0.6) is 0 Å². The van der Waals surface area contributed by atoms with E-state index in [1.54, 1.807) is 68.4 Å². The number of aromatic nitrogens is 3. The minimum Gasteiger partial charge on any atom is -0.480 e. The second-order valence-corrected chi connectivity index (χ2v) is 28.6. The standard InChI is InChI=1S/C79H102ClN19O15/c1-46(2)39-60(71(106)94-59(24-15-37-88-79(82)83)77(112)99-38-16-25-65(99)76(111)89-47(3)78(113)114)95-70(105)58(22-9-12-36-87-68(103)56-23-13-26-66(81)91-56)92-69(104)57(21-8-11-35-86-67(102)55-20-7-10-34-85-55)93-75(110)64(45-100)98-74(109)63(43-51-17-14-33-84-44-51)97-73(108)62(41-49-28-31-54(80)32-29-49)96-72(107)61(90-48(4)101)42-50-27-30-52-18-5-6-19-53(52)40-50/h5-7,10,13-14,17-20,23,26-34,40,44,46-47,57-65,100H,8-9,11-12,15-16,21-22,24-25,35-39,41-43,45H2,1-4H3,(H2,81,91)(H,86,102)(H,87,103)(H,89,111)(H,90,101)(H,92,104)(H,93,110)(H,94,106)(H,95,105)(H,96,107)(H,97,108)(H,98,109)(H,113,114)(H4,82,83,88)/t47-,57-,58-,59-,60-,61-,62-,63-,64-,65+/m0/s1. The van der Waals surface area contributed by atoms with E-state index in [1.807, 2.05) is 42.5 Å². The number of likely N-dealkylation sites (tertiary alicyclic amines) is 1. The van der Waals surface area contributed by atoms with Gasteiger partial charge in [0.2, 0.25) is 59.1 Å². The lowest BCUT2D eigenvalue weighted by molar-refractivity contribution is -0.144. The molecule has 1 saturated heterocycles. The highest BCUT2D eigenvalue weighted by atomic mass is 35.5. The summed E-state index contributed by atoms with van der Waals surface area (Å²) in [5, 5.41) is 52.3. The molecule has 3 aromatic carbocycles. The molecule has 0 unspecified atom stereocenters. The summed E-state index contributed by atoms with van der Waals surface area (Å²) in [4.78, 5) is 200. The topological polar surface area (TPSA) is 527 Å². The molecule has 12 amide bonds. The molecule has 1 aliphatic rings. The third-order valence-corrected chi connectivity index (χ3v) is 18.8. The molecule has 610 valence electrons. The van der Waals surface area contributed by atoms with E-state index in [9.17, 15) is 63.0 Å². The smallest absolute Gasteiger partial charge is 0.325 e. The van der Waals surface area contributed by atoms with E-state index in [4.69, 9.17) is 28.8 Å². The van der Waals surface area contributed by atoms with Gasteiger partial charge in [0.05, 0.1) is 6.61 Å². The summed E-state index contributed by atoms with van der Waals surface area (Å²) in [6.07, 6.45) is 4.77. The van der Waals surface area contributed by atoms with E-state index in [2.05, 4.69) is 78.4 Å². The number of hydrogen-bond donors (Lipinski definition) is 16. The highest BCUT2D eigenvalue weighted by Crippen LogP contribution is 2.23. The molecule has 7 rings (SSSR count). The zero-order valence-corrected chi connectivity index (χ0v) is 64.8. The van der Waals surface area contributed by atoms with Gasteiger partial charge in [-0.2, -0.15) is 0 Å². The number of guanidine groups is 1. The lowest BCUT2D eigenvalue weighted by Crippen LogP contribution is -2.61. The van der Waals surface area contributed by atoms with Crippen LogP contribution in [0.25, 0.3) is 10.8 Å². The Hall–Kier alpha value is -12.2. The minimum absolute atomic E-state index is 0.0163. The van der Waals surface area contributed by atoms with Crippen molar-refractivity contribution in [1.82, 2.24) is 78.3 Å². The quantitative estimate of drug-likeness (QED) is 0.0144. The number of hydrogen-bond acceptors (Lipinski definition) is 19. The third kappa shape index (κ3) is 29.2. The second-order valence-electron chi connectivity index (χ2n) is 28.1. The summed E-state index contributed by atoms with van der Waals surface area (Å²) in [6, 6.07) is 17.8. The molecule has 1 aliphatic heterocycles. The number of anilines is 1. The van der Waals surface area contributed by atoms with Crippen LogP contribution in [-0.2, 0) is 72.0 Å². The Bertz CT molecular complexity index is 4330. The zero-order valence-electron chi connectivity index (χ0n) is 64.0. The molecule has 34 nitrogen and oxygen atoms in total. The van der Waals surface area contributed by atoms with Crippen molar-refractivity contribution >= 4 is 111 Å². The Morgan fingerprint density at radius 2 is 1.07 bits per heavy atom. The SMILES string of the molecule is CC(=O)N[C@@H](Cc1ccc2ccccc2c1)C(=O)N[C@@H](Cc1ccc(Cl)cc1)C(=O)N[C@@H](Cc1cccnc1)C(=O)N[C@@H](CO)C(=O)N[C@@H](CCCCNC(=O)c1ccccn1)C(=O)N[C@@H](CCCCNC(=O)c1cccc(N)n1)C(=O)N[C@@H](CC(C)C)C(=O)N[C@@H](CCCN=C(N)N)C(=O)N1CCC[C@@H]1C(=O)N[C@@H](C)C(=O)O. The molecule has 0 aliphatic carbocycles. The van der Waals surface area contributed by atoms with Crippen LogP contribution in [0.1, 0.15) is 136 Å². The zero-order chi connectivity index (χ0) is 82.8. The van der Waals surface area contributed by atoms with Crippen molar-refractivity contribution in [1.29, 1.82) is 0 Å². The number of carbonyl (C=O) groups excluding carboxylic acids is 12. The van der Waals surface area contributed by atoms with Gasteiger partial charge in [0.25, 0.3) is 11.8 Å². The predicted octanol–water partition coefficient (Wildman–Crippen LogP) is 1.06.